The molecule has 2 fully saturated rings. The van der Waals surface area contributed by atoms with Gasteiger partial charge in [-0.2, -0.15) is 0 Å². The molecular weight excluding hydrogens is 556 g/mol. The predicted molar refractivity (Wildman–Crippen MR) is 189 cm³/mol. The van der Waals surface area contributed by atoms with Gasteiger partial charge in [-0.15, -0.1) is 0 Å². The van der Waals surface area contributed by atoms with Crippen LogP contribution in [0.5, 0.6) is 0 Å². The third-order valence-corrected chi connectivity index (χ3v) is 9.57. The number of hydrogen-bond donors (Lipinski definition) is 1. The number of carbonyl (C=O) groups excluding carboxylic acids is 1. The molecule has 4 heteroatoms. The average Bonchev–Trinajstić information content (AvgIpc) is 3.46. The maximum Gasteiger partial charge on any atom is 0.158 e. The van der Waals surface area contributed by atoms with E-state index < -0.39 is 0 Å². The van der Waals surface area contributed by atoms with Gasteiger partial charge in [0.25, 0.3) is 0 Å². The van der Waals surface area contributed by atoms with Crippen molar-refractivity contribution >= 4 is 5.78 Å². The highest BCUT2D eigenvalue weighted by atomic mass is 16.6. The molecule has 0 aromatic carbocycles. The minimum absolute atomic E-state index is 0.0850. The minimum atomic E-state index is -0.299. The molecule has 0 bridgehead atoms. The quantitative estimate of drug-likeness (QED) is 0.176. The Labute approximate surface area is 273 Å². The standard InChI is InChI=1S/C41H56O4/c1-29(18-14-20-31(3)22-23-35-37(33(5)42)36(44-11)28-38(35,6)7)16-12-13-17-30(2)19-15-21-32(4)24-25-41-39(8,9)26-34(43)27-40(41,10)45-41/h12-25,34,36,43H,26-28H2,1-11H3/b13-12+,18-14+,19-15+,23-22+,25-24-,29-16-,30-17+,31-20+,32-21+/t34-,36?,40+,41-/m0/s1. The highest BCUT2D eigenvalue weighted by Gasteiger charge is 2.74. The number of ether oxygens (including phenoxy) is 2. The first-order valence-electron chi connectivity index (χ1n) is 16.2. The smallest absolute Gasteiger partial charge is 0.158 e. The lowest BCUT2D eigenvalue weighted by Gasteiger charge is -2.39. The Morgan fingerprint density at radius 3 is 1.78 bits per heavy atom. The number of aliphatic hydroxyl groups excluding tert-OH is 1. The van der Waals surface area contributed by atoms with Crippen molar-refractivity contribution in [1.82, 2.24) is 0 Å². The summed E-state index contributed by atoms with van der Waals surface area (Å²) in [5.74, 6) is 0.0850. The first-order chi connectivity index (χ1) is 21.0. The lowest BCUT2D eigenvalue weighted by atomic mass is 9.63. The molecule has 0 amide bonds. The molecule has 1 N–H and O–H groups in total. The molecule has 0 radical (unpaired) electrons. The summed E-state index contributed by atoms with van der Waals surface area (Å²) in [6.45, 7) is 20.8. The molecule has 1 heterocycles. The number of epoxide rings is 1. The van der Waals surface area contributed by atoms with Crippen molar-refractivity contribution < 1.29 is 19.4 Å². The van der Waals surface area contributed by atoms with Crippen LogP contribution in [0.2, 0.25) is 0 Å². The largest absolute Gasteiger partial charge is 0.393 e. The molecule has 1 saturated carbocycles. The average molecular weight is 613 g/mol. The maximum atomic E-state index is 12.3. The number of carbonyl (C=O) groups is 1. The number of methoxy groups -OCH3 is 1. The fraction of sp³-hybridized carbons (Fsp3) is 0.488. The predicted octanol–water partition coefficient (Wildman–Crippen LogP) is 9.59. The first kappa shape index (κ1) is 36.4. The van der Waals surface area contributed by atoms with Crippen molar-refractivity contribution in [2.24, 2.45) is 10.8 Å². The summed E-state index contributed by atoms with van der Waals surface area (Å²) in [5.41, 5.74) is 5.69. The molecule has 1 aliphatic heterocycles. The van der Waals surface area contributed by atoms with Crippen molar-refractivity contribution in [2.75, 3.05) is 7.11 Å². The summed E-state index contributed by atoms with van der Waals surface area (Å²) in [4.78, 5) is 12.3. The van der Waals surface area contributed by atoms with Gasteiger partial charge in [0.05, 0.1) is 12.2 Å². The molecule has 45 heavy (non-hydrogen) atoms. The Balaban J connectivity index is 1.53. The van der Waals surface area contributed by atoms with Crippen LogP contribution in [0.1, 0.15) is 88.5 Å². The monoisotopic (exact) mass is 612 g/mol. The normalized spacial score (nSPS) is 31.0. The van der Waals surface area contributed by atoms with Crippen LogP contribution < -0.4 is 0 Å². The van der Waals surface area contributed by atoms with Crippen LogP contribution in [0, 0.1) is 10.8 Å². The maximum absolute atomic E-state index is 12.3. The van der Waals surface area contributed by atoms with Gasteiger partial charge in [-0.25, -0.2) is 0 Å². The summed E-state index contributed by atoms with van der Waals surface area (Å²) in [6, 6.07) is 0. The lowest BCUT2D eigenvalue weighted by molar-refractivity contribution is -0.114. The van der Waals surface area contributed by atoms with Crippen LogP contribution in [-0.4, -0.2) is 41.4 Å². The van der Waals surface area contributed by atoms with Crippen LogP contribution in [0.4, 0.5) is 0 Å². The van der Waals surface area contributed by atoms with Gasteiger partial charge < -0.3 is 14.6 Å². The Hall–Kier alpha value is -3.05. The molecular formula is C41H56O4. The number of Topliss-reactive ketones (excluding diaryl/α,β-unsaturated/α-hetero) is 1. The van der Waals surface area contributed by atoms with Crippen LogP contribution in [-0.2, 0) is 14.3 Å². The topological polar surface area (TPSA) is 59.1 Å². The van der Waals surface area contributed by atoms with Crippen LogP contribution >= 0.6 is 0 Å². The molecule has 4 nitrogen and oxygen atoms in total. The zero-order chi connectivity index (χ0) is 33.6. The van der Waals surface area contributed by atoms with Crippen molar-refractivity contribution in [3.05, 3.63) is 119 Å². The second-order valence-electron chi connectivity index (χ2n) is 14.6. The van der Waals surface area contributed by atoms with E-state index in [2.05, 4.69) is 147 Å². The summed E-state index contributed by atoms with van der Waals surface area (Å²) in [6.07, 6.45) is 31.2. The summed E-state index contributed by atoms with van der Waals surface area (Å²) >= 11 is 0. The fourth-order valence-electron chi connectivity index (χ4n) is 7.03. The van der Waals surface area contributed by atoms with E-state index in [0.717, 1.165) is 46.3 Å². The second-order valence-corrected chi connectivity index (χ2v) is 14.6. The van der Waals surface area contributed by atoms with Crippen LogP contribution in [0.25, 0.3) is 0 Å². The lowest BCUT2D eigenvalue weighted by Crippen LogP contribution is -2.46. The Morgan fingerprint density at radius 1 is 0.756 bits per heavy atom. The fourth-order valence-corrected chi connectivity index (χ4v) is 7.03. The van der Waals surface area contributed by atoms with Gasteiger partial charge in [-0.3, -0.25) is 4.79 Å². The molecule has 0 aromatic rings. The number of ketones is 1. The zero-order valence-electron chi connectivity index (χ0n) is 29.5. The van der Waals surface area contributed by atoms with Gasteiger partial charge in [0.2, 0.25) is 0 Å². The Kier molecular flexibility index (Phi) is 11.8. The molecule has 3 aliphatic rings. The third-order valence-electron chi connectivity index (χ3n) is 9.57. The van der Waals surface area contributed by atoms with E-state index in [1.165, 1.54) is 0 Å². The number of rotatable bonds is 12. The van der Waals surface area contributed by atoms with Gasteiger partial charge in [0, 0.05) is 24.5 Å². The van der Waals surface area contributed by atoms with E-state index in [9.17, 15) is 9.90 Å². The summed E-state index contributed by atoms with van der Waals surface area (Å²) in [7, 11) is 1.68. The summed E-state index contributed by atoms with van der Waals surface area (Å²) in [5, 5.41) is 10.3. The van der Waals surface area contributed by atoms with E-state index in [-0.39, 0.29) is 40.0 Å². The van der Waals surface area contributed by atoms with Gasteiger partial charge in [0.15, 0.2) is 5.78 Å². The highest BCUT2D eigenvalue weighted by molar-refractivity contribution is 5.96. The van der Waals surface area contributed by atoms with Crippen molar-refractivity contribution in [1.29, 1.82) is 0 Å². The van der Waals surface area contributed by atoms with Crippen molar-refractivity contribution in [2.45, 2.75) is 112 Å². The zero-order valence-corrected chi connectivity index (χ0v) is 29.5. The molecule has 1 unspecified atom stereocenters. The minimum Gasteiger partial charge on any atom is -0.393 e. The Morgan fingerprint density at radius 2 is 1.27 bits per heavy atom. The molecule has 244 valence electrons. The van der Waals surface area contributed by atoms with E-state index in [1.807, 2.05) is 0 Å². The molecule has 1 saturated heterocycles. The van der Waals surface area contributed by atoms with E-state index >= 15 is 0 Å². The molecule has 0 spiro atoms. The number of aliphatic hydroxyl groups is 1. The third kappa shape index (κ3) is 8.82. The van der Waals surface area contributed by atoms with Gasteiger partial charge >= 0.3 is 0 Å². The SMILES string of the molecule is COC1CC(C)(C)C(/C=C/C(C)=C/C=C/C(C)=C\C=C\C=C(C)\C=C\C=C(C)\C=C/[C@@]23O[C@]2(C)C[C@@H](O)CC3(C)C)=C1C(C)=O. The molecule has 4 atom stereocenters. The summed E-state index contributed by atoms with van der Waals surface area (Å²) < 4.78 is 11.8. The Bertz CT molecular complexity index is 1430. The van der Waals surface area contributed by atoms with Crippen LogP contribution in [0.15, 0.2) is 119 Å². The van der Waals surface area contributed by atoms with Gasteiger partial charge in [-0.05, 0) is 71.4 Å². The number of fused-ring (bicyclic) bond motifs is 1. The van der Waals surface area contributed by atoms with E-state index in [0.29, 0.717) is 6.42 Å². The molecule has 3 rings (SSSR count). The highest BCUT2D eigenvalue weighted by Crippen LogP contribution is 2.66. The number of allylic oxidation sites excluding steroid dienone is 18. The van der Waals surface area contributed by atoms with Crippen LogP contribution in [0.3, 0.4) is 0 Å². The second kappa shape index (κ2) is 14.6. The van der Waals surface area contributed by atoms with Crippen molar-refractivity contribution in [3.8, 4) is 0 Å². The van der Waals surface area contributed by atoms with E-state index in [4.69, 9.17) is 9.47 Å². The first-order valence-corrected chi connectivity index (χ1v) is 16.2. The molecule has 2 aliphatic carbocycles. The van der Waals surface area contributed by atoms with Crippen molar-refractivity contribution in [3.63, 3.8) is 0 Å². The van der Waals surface area contributed by atoms with Gasteiger partial charge in [0.1, 0.15) is 11.2 Å². The van der Waals surface area contributed by atoms with Gasteiger partial charge in [-0.1, -0.05) is 129 Å². The molecule has 0 aromatic heterocycles. The number of hydrogen-bond acceptors (Lipinski definition) is 4. The van der Waals surface area contributed by atoms with E-state index in [1.54, 1.807) is 14.0 Å².